The lowest BCUT2D eigenvalue weighted by Gasteiger charge is -2.05. The topological polar surface area (TPSA) is 71.4 Å². The highest BCUT2D eigenvalue weighted by Gasteiger charge is 2.11. The lowest BCUT2D eigenvalue weighted by atomic mass is 10.1. The van der Waals surface area contributed by atoms with E-state index in [1.54, 1.807) is 0 Å². The second-order valence-corrected chi connectivity index (χ2v) is 8.23. The number of rotatable bonds is 13. The Bertz CT molecular complexity index is 537. The van der Waals surface area contributed by atoms with Gasteiger partial charge in [0.1, 0.15) is 0 Å². The average Bonchev–Trinajstić information content (AvgIpc) is 2.49. The first-order chi connectivity index (χ1) is 11.0. The number of carboxylic acid groups (broad SMARTS) is 1. The van der Waals surface area contributed by atoms with E-state index in [-0.39, 0.29) is 17.9 Å². The number of unbranched alkanes of at least 4 members (excludes halogenated alkanes) is 7. The summed E-state index contributed by atoms with van der Waals surface area (Å²) in [6.45, 7) is 0. The Balaban J connectivity index is 2.01. The fraction of sp³-hybridized carbons (Fsp3) is 0.611. The van der Waals surface area contributed by atoms with Crippen LogP contribution in [-0.4, -0.2) is 25.2 Å². The van der Waals surface area contributed by atoms with Gasteiger partial charge in [-0.2, -0.15) is 0 Å². The molecular weight excluding hydrogens is 312 g/mol. The van der Waals surface area contributed by atoms with Crippen molar-refractivity contribution in [3.8, 4) is 0 Å². The molecule has 4 nitrogen and oxygen atoms in total. The molecule has 1 aromatic rings. The zero-order valence-corrected chi connectivity index (χ0v) is 14.6. The largest absolute Gasteiger partial charge is 0.481 e. The van der Waals surface area contributed by atoms with Crippen molar-refractivity contribution in [1.82, 2.24) is 0 Å². The normalized spacial score (nSPS) is 11.5. The molecule has 0 saturated heterocycles. The maximum absolute atomic E-state index is 12.0. The molecule has 0 aromatic heterocycles. The van der Waals surface area contributed by atoms with E-state index in [1.165, 1.54) is 0 Å². The van der Waals surface area contributed by atoms with Crippen LogP contribution in [0.1, 0.15) is 63.4 Å². The summed E-state index contributed by atoms with van der Waals surface area (Å²) in [5, 5.41) is 8.52. The van der Waals surface area contributed by atoms with Gasteiger partial charge in [0.15, 0.2) is 9.84 Å². The molecule has 0 aliphatic carbocycles. The molecule has 0 fully saturated rings. The molecular formula is C18H28O4S. The Morgan fingerprint density at radius 3 is 1.91 bits per heavy atom. The van der Waals surface area contributed by atoms with Gasteiger partial charge in [0.25, 0.3) is 0 Å². The first kappa shape index (κ1) is 19.7. The smallest absolute Gasteiger partial charge is 0.303 e. The van der Waals surface area contributed by atoms with E-state index in [1.807, 2.05) is 30.3 Å². The molecule has 0 aliphatic heterocycles. The summed E-state index contributed by atoms with van der Waals surface area (Å²) in [7, 11) is -3.00. The molecule has 5 heteroatoms. The van der Waals surface area contributed by atoms with Crippen LogP contribution in [-0.2, 0) is 20.4 Å². The molecule has 0 spiro atoms. The van der Waals surface area contributed by atoms with Crippen LogP contribution in [0.4, 0.5) is 0 Å². The SMILES string of the molecule is O=C(O)CCCCCCCCCCS(=O)(=O)Cc1ccccc1. The van der Waals surface area contributed by atoms with Gasteiger partial charge in [-0.15, -0.1) is 0 Å². The fourth-order valence-electron chi connectivity index (χ4n) is 2.56. The lowest BCUT2D eigenvalue weighted by molar-refractivity contribution is -0.137. The Kier molecular flexibility index (Phi) is 9.60. The van der Waals surface area contributed by atoms with E-state index in [0.29, 0.717) is 0 Å². The van der Waals surface area contributed by atoms with Gasteiger partial charge in [-0.25, -0.2) is 8.42 Å². The zero-order chi connectivity index (χ0) is 17.0. The number of sulfone groups is 1. The van der Waals surface area contributed by atoms with Gasteiger partial charge < -0.3 is 5.11 Å². The van der Waals surface area contributed by atoms with Crippen molar-refractivity contribution in [3.63, 3.8) is 0 Å². The molecule has 0 heterocycles. The standard InChI is InChI=1S/C18H28O4S/c19-18(20)14-10-5-3-1-2-4-6-11-15-23(21,22)16-17-12-8-7-9-13-17/h7-9,12-13H,1-6,10-11,14-16H2,(H,19,20). The predicted octanol–water partition coefficient (Wildman–Crippen LogP) is 4.20. The van der Waals surface area contributed by atoms with Crippen LogP contribution in [0.2, 0.25) is 0 Å². The summed E-state index contributed by atoms with van der Waals surface area (Å²) >= 11 is 0. The van der Waals surface area contributed by atoms with Crippen LogP contribution in [0.15, 0.2) is 30.3 Å². The van der Waals surface area contributed by atoms with Gasteiger partial charge in [-0.05, 0) is 18.4 Å². The molecule has 0 aliphatic rings. The van der Waals surface area contributed by atoms with E-state index in [4.69, 9.17) is 5.11 Å². The van der Waals surface area contributed by atoms with Crippen LogP contribution < -0.4 is 0 Å². The van der Waals surface area contributed by atoms with Crippen molar-refractivity contribution in [2.45, 2.75) is 63.5 Å². The molecule has 1 rings (SSSR count). The highest BCUT2D eigenvalue weighted by molar-refractivity contribution is 7.90. The quantitative estimate of drug-likeness (QED) is 0.546. The van der Waals surface area contributed by atoms with Crippen molar-refractivity contribution < 1.29 is 18.3 Å². The lowest BCUT2D eigenvalue weighted by Crippen LogP contribution is -2.09. The molecule has 0 unspecified atom stereocenters. The first-order valence-electron chi connectivity index (χ1n) is 8.46. The summed E-state index contributed by atoms with van der Waals surface area (Å²) in [4.78, 5) is 10.4. The second kappa shape index (κ2) is 11.2. The minimum atomic E-state index is -3.00. The van der Waals surface area contributed by atoms with Crippen molar-refractivity contribution in [2.75, 3.05) is 5.75 Å². The average molecular weight is 340 g/mol. The van der Waals surface area contributed by atoms with Crippen LogP contribution in [0, 0.1) is 0 Å². The van der Waals surface area contributed by atoms with E-state index in [2.05, 4.69) is 0 Å². The Morgan fingerprint density at radius 1 is 0.826 bits per heavy atom. The van der Waals surface area contributed by atoms with Gasteiger partial charge in [0.2, 0.25) is 0 Å². The van der Waals surface area contributed by atoms with Crippen LogP contribution in [0.3, 0.4) is 0 Å². The van der Waals surface area contributed by atoms with Crippen molar-refractivity contribution in [1.29, 1.82) is 0 Å². The number of hydrogen-bond acceptors (Lipinski definition) is 3. The minimum Gasteiger partial charge on any atom is -0.481 e. The summed E-state index contributed by atoms with van der Waals surface area (Å²) in [5.41, 5.74) is 0.855. The third kappa shape index (κ3) is 10.9. The number of aliphatic carboxylic acids is 1. The fourth-order valence-corrected chi connectivity index (χ4v) is 4.05. The van der Waals surface area contributed by atoms with Gasteiger partial charge in [-0.3, -0.25) is 4.79 Å². The predicted molar refractivity (Wildman–Crippen MR) is 93.1 cm³/mol. The molecule has 0 bridgehead atoms. The maximum atomic E-state index is 12.0. The van der Waals surface area contributed by atoms with E-state index in [9.17, 15) is 13.2 Å². The monoisotopic (exact) mass is 340 g/mol. The Morgan fingerprint density at radius 2 is 1.35 bits per heavy atom. The first-order valence-corrected chi connectivity index (χ1v) is 10.3. The van der Waals surface area contributed by atoms with Gasteiger partial charge in [0.05, 0.1) is 11.5 Å². The number of hydrogen-bond donors (Lipinski definition) is 1. The van der Waals surface area contributed by atoms with Crippen LogP contribution in [0.25, 0.3) is 0 Å². The van der Waals surface area contributed by atoms with Gasteiger partial charge >= 0.3 is 5.97 Å². The highest BCUT2D eigenvalue weighted by atomic mass is 32.2. The van der Waals surface area contributed by atoms with Gasteiger partial charge in [-0.1, -0.05) is 68.9 Å². The molecule has 1 aromatic carbocycles. The van der Waals surface area contributed by atoms with Crippen molar-refractivity contribution in [2.24, 2.45) is 0 Å². The Hall–Kier alpha value is -1.36. The zero-order valence-electron chi connectivity index (χ0n) is 13.7. The molecule has 130 valence electrons. The third-order valence-corrected chi connectivity index (χ3v) is 5.51. The summed E-state index contributed by atoms with van der Waals surface area (Å²) < 4.78 is 24.0. The van der Waals surface area contributed by atoms with Crippen molar-refractivity contribution in [3.05, 3.63) is 35.9 Å². The maximum Gasteiger partial charge on any atom is 0.303 e. The highest BCUT2D eigenvalue weighted by Crippen LogP contribution is 2.12. The van der Waals surface area contributed by atoms with E-state index < -0.39 is 15.8 Å². The van der Waals surface area contributed by atoms with E-state index >= 15 is 0 Å². The van der Waals surface area contributed by atoms with Crippen LogP contribution >= 0.6 is 0 Å². The summed E-state index contributed by atoms with van der Waals surface area (Å²) in [6, 6.07) is 9.31. The number of carbonyl (C=O) groups is 1. The second-order valence-electron chi connectivity index (χ2n) is 6.05. The molecule has 0 radical (unpaired) electrons. The molecule has 0 amide bonds. The molecule has 0 saturated carbocycles. The van der Waals surface area contributed by atoms with Gasteiger partial charge in [0, 0.05) is 6.42 Å². The van der Waals surface area contributed by atoms with E-state index in [0.717, 1.165) is 56.9 Å². The summed E-state index contributed by atoms with van der Waals surface area (Å²) in [5.74, 6) is -0.320. The third-order valence-electron chi connectivity index (χ3n) is 3.83. The minimum absolute atomic E-state index is 0.136. The Labute approximate surface area is 139 Å². The molecule has 23 heavy (non-hydrogen) atoms. The number of carboxylic acids is 1. The molecule has 0 atom stereocenters. The number of benzene rings is 1. The van der Waals surface area contributed by atoms with Crippen molar-refractivity contribution >= 4 is 15.8 Å². The molecule has 1 N–H and O–H groups in total. The van der Waals surface area contributed by atoms with Crippen LogP contribution in [0.5, 0.6) is 0 Å². The summed E-state index contributed by atoms with van der Waals surface area (Å²) in [6.07, 6.45) is 8.00.